The molecule has 0 bridgehead atoms. The zero-order valence-corrected chi connectivity index (χ0v) is 14.2. The standard InChI is InChI=1S/C18H17ClO6/c1-9-6-15-14(25-15)5-3-2-4-10(20)7-11-16(18(23)24-9)12(21)8-13(22)17(11)19/h2-5,8-9,14-15,21-22H,6-7H2,1H3/t9-,14+,15+/m0/s1. The highest BCUT2D eigenvalue weighted by Gasteiger charge is 2.38. The molecule has 2 heterocycles. The highest BCUT2D eigenvalue weighted by atomic mass is 35.5. The molecule has 0 saturated carbocycles. The van der Waals surface area contributed by atoms with Crippen LogP contribution in [0.4, 0.5) is 0 Å². The van der Waals surface area contributed by atoms with Crippen LogP contribution in [0.15, 0.2) is 30.4 Å². The number of esters is 1. The molecule has 1 fully saturated rings. The Balaban J connectivity index is 2.01. The number of fused-ring (bicyclic) bond motifs is 2. The Morgan fingerprint density at radius 1 is 1.20 bits per heavy atom. The van der Waals surface area contributed by atoms with Gasteiger partial charge >= 0.3 is 5.97 Å². The Bertz CT molecular complexity index is 782. The van der Waals surface area contributed by atoms with Gasteiger partial charge in [-0.2, -0.15) is 0 Å². The summed E-state index contributed by atoms with van der Waals surface area (Å²) in [4.78, 5) is 24.6. The molecule has 2 N–H and O–H groups in total. The summed E-state index contributed by atoms with van der Waals surface area (Å²) in [5.41, 5.74) is -0.176. The maximum atomic E-state index is 12.5. The Morgan fingerprint density at radius 2 is 1.96 bits per heavy atom. The van der Waals surface area contributed by atoms with E-state index < -0.39 is 23.6 Å². The second-order valence-corrected chi connectivity index (χ2v) is 6.44. The van der Waals surface area contributed by atoms with Crippen LogP contribution >= 0.6 is 11.6 Å². The third-order valence-electron chi connectivity index (χ3n) is 4.06. The van der Waals surface area contributed by atoms with E-state index in [2.05, 4.69) is 0 Å². The average Bonchev–Trinajstić information content (AvgIpc) is 3.25. The van der Waals surface area contributed by atoms with E-state index in [-0.39, 0.29) is 40.6 Å². The minimum Gasteiger partial charge on any atom is -0.507 e. The number of halogens is 1. The van der Waals surface area contributed by atoms with E-state index in [1.165, 1.54) is 6.08 Å². The van der Waals surface area contributed by atoms with Gasteiger partial charge in [-0.15, -0.1) is 0 Å². The number of allylic oxidation sites excluding steroid dienone is 3. The summed E-state index contributed by atoms with van der Waals surface area (Å²) in [6.07, 6.45) is 6.13. The predicted molar refractivity (Wildman–Crippen MR) is 89.9 cm³/mol. The predicted octanol–water partition coefficient (Wildman–Crippen LogP) is 2.69. The van der Waals surface area contributed by atoms with Gasteiger partial charge in [0, 0.05) is 24.5 Å². The highest BCUT2D eigenvalue weighted by Crippen LogP contribution is 2.37. The molecule has 2 aliphatic heterocycles. The van der Waals surface area contributed by atoms with Crippen LogP contribution < -0.4 is 0 Å². The summed E-state index contributed by atoms with van der Waals surface area (Å²) < 4.78 is 10.8. The van der Waals surface area contributed by atoms with Crippen molar-refractivity contribution in [2.24, 2.45) is 0 Å². The van der Waals surface area contributed by atoms with Crippen LogP contribution in [0.3, 0.4) is 0 Å². The number of rotatable bonds is 0. The number of benzene rings is 1. The number of hydrogen-bond acceptors (Lipinski definition) is 6. The number of ether oxygens (including phenoxy) is 2. The highest BCUT2D eigenvalue weighted by molar-refractivity contribution is 6.33. The normalized spacial score (nSPS) is 26.4. The van der Waals surface area contributed by atoms with Crippen molar-refractivity contribution in [3.05, 3.63) is 46.5 Å². The molecule has 0 radical (unpaired) electrons. The van der Waals surface area contributed by atoms with Gasteiger partial charge in [-0.05, 0) is 13.0 Å². The first-order chi connectivity index (χ1) is 11.9. The summed E-state index contributed by atoms with van der Waals surface area (Å²) in [7, 11) is 0. The first-order valence-corrected chi connectivity index (χ1v) is 8.22. The zero-order valence-electron chi connectivity index (χ0n) is 13.4. The van der Waals surface area contributed by atoms with Crippen molar-refractivity contribution < 1.29 is 29.3 Å². The van der Waals surface area contributed by atoms with Crippen LogP contribution in [0.25, 0.3) is 0 Å². The molecule has 25 heavy (non-hydrogen) atoms. The molecule has 7 heteroatoms. The fourth-order valence-corrected chi connectivity index (χ4v) is 3.00. The van der Waals surface area contributed by atoms with Crippen LogP contribution in [0.1, 0.15) is 29.3 Å². The molecule has 0 amide bonds. The van der Waals surface area contributed by atoms with Crippen LogP contribution in [0.5, 0.6) is 11.5 Å². The Labute approximate surface area is 149 Å². The van der Waals surface area contributed by atoms with Crippen LogP contribution in [0.2, 0.25) is 5.02 Å². The van der Waals surface area contributed by atoms with Gasteiger partial charge in [-0.3, -0.25) is 4.79 Å². The van der Waals surface area contributed by atoms with Crippen LogP contribution in [-0.4, -0.2) is 40.3 Å². The zero-order chi connectivity index (χ0) is 18.1. The average molecular weight is 365 g/mol. The first kappa shape index (κ1) is 17.5. The molecule has 3 atom stereocenters. The van der Waals surface area contributed by atoms with E-state index in [4.69, 9.17) is 21.1 Å². The van der Waals surface area contributed by atoms with E-state index in [1.54, 1.807) is 19.1 Å². The Kier molecular flexibility index (Phi) is 4.83. The van der Waals surface area contributed by atoms with Crippen molar-refractivity contribution in [1.82, 2.24) is 0 Å². The molecule has 0 aromatic heterocycles. The second kappa shape index (κ2) is 6.90. The summed E-state index contributed by atoms with van der Waals surface area (Å²) in [6, 6.07) is 0.958. The molecule has 1 saturated heterocycles. The molecular formula is C18H17ClO6. The lowest BCUT2D eigenvalue weighted by atomic mass is 10.00. The smallest absolute Gasteiger partial charge is 0.342 e. The lowest BCUT2D eigenvalue weighted by Crippen LogP contribution is -2.19. The van der Waals surface area contributed by atoms with Gasteiger partial charge in [0.2, 0.25) is 0 Å². The van der Waals surface area contributed by atoms with Gasteiger partial charge in [-0.1, -0.05) is 29.8 Å². The number of hydrogen-bond donors (Lipinski definition) is 2. The quantitative estimate of drug-likeness (QED) is 0.542. The number of carbonyl (C=O) groups is 2. The number of ketones is 1. The largest absolute Gasteiger partial charge is 0.507 e. The minimum atomic E-state index is -0.802. The Morgan fingerprint density at radius 3 is 2.72 bits per heavy atom. The number of carbonyl (C=O) groups excluding carboxylic acids is 2. The molecule has 1 aromatic rings. The number of cyclic esters (lactones) is 1. The third kappa shape index (κ3) is 3.86. The molecule has 1 aromatic carbocycles. The summed E-state index contributed by atoms with van der Waals surface area (Å²) in [6.45, 7) is 1.72. The second-order valence-electron chi connectivity index (χ2n) is 6.06. The molecule has 3 rings (SSSR count). The third-order valence-corrected chi connectivity index (χ3v) is 4.49. The van der Waals surface area contributed by atoms with Gasteiger partial charge in [-0.25, -0.2) is 4.79 Å². The number of phenols is 2. The van der Waals surface area contributed by atoms with E-state index in [0.717, 1.165) is 6.07 Å². The SMILES string of the molecule is C[C@H]1C[C@H]2O[C@@H]2C=CC=CC(=O)Cc2c(Cl)c(O)cc(O)c2C(=O)O1. The van der Waals surface area contributed by atoms with Crippen molar-refractivity contribution in [3.63, 3.8) is 0 Å². The van der Waals surface area contributed by atoms with Gasteiger partial charge in [0.05, 0.1) is 11.1 Å². The Hall–Kier alpha value is -2.31. The van der Waals surface area contributed by atoms with Gasteiger partial charge < -0.3 is 19.7 Å². The molecule has 132 valence electrons. The summed E-state index contributed by atoms with van der Waals surface area (Å²) in [5.74, 6) is -2.04. The number of aromatic hydroxyl groups is 2. The van der Waals surface area contributed by atoms with Gasteiger partial charge in [0.25, 0.3) is 0 Å². The maximum Gasteiger partial charge on any atom is 0.342 e. The van der Waals surface area contributed by atoms with Gasteiger partial charge in [0.1, 0.15) is 29.3 Å². The van der Waals surface area contributed by atoms with E-state index >= 15 is 0 Å². The van der Waals surface area contributed by atoms with Crippen molar-refractivity contribution in [1.29, 1.82) is 0 Å². The van der Waals surface area contributed by atoms with E-state index in [9.17, 15) is 19.8 Å². The van der Waals surface area contributed by atoms with Crippen LogP contribution in [-0.2, 0) is 20.7 Å². The summed E-state index contributed by atoms with van der Waals surface area (Å²) >= 11 is 6.05. The van der Waals surface area contributed by atoms with E-state index in [1.807, 2.05) is 6.08 Å². The topological polar surface area (TPSA) is 96.4 Å². The van der Waals surface area contributed by atoms with Crippen LogP contribution in [0, 0.1) is 0 Å². The van der Waals surface area contributed by atoms with Crippen molar-refractivity contribution in [3.8, 4) is 11.5 Å². The molecular weight excluding hydrogens is 348 g/mol. The molecule has 0 aliphatic carbocycles. The van der Waals surface area contributed by atoms with Crippen molar-refractivity contribution >= 4 is 23.4 Å². The van der Waals surface area contributed by atoms with Gasteiger partial charge in [0.15, 0.2) is 5.78 Å². The molecule has 0 spiro atoms. The lowest BCUT2D eigenvalue weighted by molar-refractivity contribution is -0.114. The van der Waals surface area contributed by atoms with Crippen molar-refractivity contribution in [2.45, 2.75) is 38.1 Å². The lowest BCUT2D eigenvalue weighted by Gasteiger charge is -2.16. The number of phenolic OH excluding ortho intramolecular Hbond substituents is 2. The molecule has 6 nitrogen and oxygen atoms in total. The monoisotopic (exact) mass is 364 g/mol. The number of epoxide rings is 1. The fourth-order valence-electron chi connectivity index (χ4n) is 2.78. The van der Waals surface area contributed by atoms with E-state index in [0.29, 0.717) is 6.42 Å². The first-order valence-electron chi connectivity index (χ1n) is 7.84. The fraction of sp³-hybridized carbons (Fsp3) is 0.333. The van der Waals surface area contributed by atoms with Crippen molar-refractivity contribution in [2.75, 3.05) is 0 Å². The minimum absolute atomic E-state index is 0.0348. The maximum absolute atomic E-state index is 12.5. The molecule has 0 unspecified atom stereocenters. The molecule has 2 aliphatic rings. The summed E-state index contributed by atoms with van der Waals surface area (Å²) in [5, 5.41) is 19.7.